The monoisotopic (exact) mass is 320 g/mol. The Balaban J connectivity index is 1.76. The van der Waals surface area contributed by atoms with Crippen LogP contribution in [0.5, 0.6) is 0 Å². The number of fused-ring (bicyclic) bond motifs is 1. The van der Waals surface area contributed by atoms with E-state index >= 15 is 0 Å². The van der Waals surface area contributed by atoms with E-state index < -0.39 is 28.9 Å². The molecule has 0 saturated heterocycles. The summed E-state index contributed by atoms with van der Waals surface area (Å²) >= 11 is 0. The van der Waals surface area contributed by atoms with Gasteiger partial charge in [0.1, 0.15) is 5.52 Å². The Labute approximate surface area is 128 Å². The molecule has 3 rings (SSSR count). The fourth-order valence-corrected chi connectivity index (χ4v) is 2.17. The third-order valence-corrected chi connectivity index (χ3v) is 3.29. The van der Waals surface area contributed by atoms with Gasteiger partial charge >= 0.3 is 0 Å². The minimum Gasteiger partial charge on any atom is -0.441 e. The van der Waals surface area contributed by atoms with Crippen LogP contribution in [0.15, 0.2) is 34.7 Å². The molecule has 1 amide bonds. The van der Waals surface area contributed by atoms with Gasteiger partial charge < -0.3 is 9.73 Å². The third-order valence-electron chi connectivity index (χ3n) is 3.29. The number of carbonyl (C=O) groups excluding carboxylic acids is 1. The van der Waals surface area contributed by atoms with Crippen molar-refractivity contribution in [3.63, 3.8) is 0 Å². The zero-order valence-corrected chi connectivity index (χ0v) is 12.0. The number of aromatic nitrogens is 1. The summed E-state index contributed by atoms with van der Waals surface area (Å²) in [5, 5.41) is 2.44. The molecule has 1 N–H and O–H groups in total. The van der Waals surface area contributed by atoms with Crippen LogP contribution < -0.4 is 5.32 Å². The van der Waals surface area contributed by atoms with Gasteiger partial charge in [0.25, 0.3) is 5.91 Å². The zero-order chi connectivity index (χ0) is 16.6. The van der Waals surface area contributed by atoms with Gasteiger partial charge in [0.05, 0.1) is 5.56 Å². The van der Waals surface area contributed by atoms with Crippen molar-refractivity contribution in [2.45, 2.75) is 13.5 Å². The second-order valence-electron chi connectivity index (χ2n) is 4.94. The molecule has 1 heterocycles. The highest BCUT2D eigenvalue weighted by Crippen LogP contribution is 2.18. The van der Waals surface area contributed by atoms with Crippen molar-refractivity contribution in [2.75, 3.05) is 0 Å². The number of benzene rings is 2. The molecule has 0 spiro atoms. The largest absolute Gasteiger partial charge is 0.441 e. The summed E-state index contributed by atoms with van der Waals surface area (Å²) in [6.07, 6.45) is 0. The summed E-state index contributed by atoms with van der Waals surface area (Å²) in [6, 6.07) is 6.75. The zero-order valence-electron chi connectivity index (χ0n) is 12.0. The van der Waals surface area contributed by atoms with Crippen LogP contribution >= 0.6 is 0 Å². The summed E-state index contributed by atoms with van der Waals surface area (Å²) in [6.45, 7) is 1.79. The van der Waals surface area contributed by atoms with E-state index in [1.807, 2.05) is 0 Å². The Morgan fingerprint density at radius 3 is 2.74 bits per heavy atom. The number of aryl methyl sites for hydroxylation is 1. The summed E-state index contributed by atoms with van der Waals surface area (Å²) in [7, 11) is 0. The number of hydrogen-bond acceptors (Lipinski definition) is 3. The molecule has 0 fully saturated rings. The lowest BCUT2D eigenvalue weighted by Gasteiger charge is -2.07. The van der Waals surface area contributed by atoms with Crippen molar-refractivity contribution >= 4 is 17.0 Å². The van der Waals surface area contributed by atoms with Crippen LogP contribution in [0.25, 0.3) is 11.1 Å². The third kappa shape index (κ3) is 2.90. The number of amides is 1. The van der Waals surface area contributed by atoms with E-state index in [-0.39, 0.29) is 6.54 Å². The lowest BCUT2D eigenvalue weighted by Crippen LogP contribution is -2.24. The van der Waals surface area contributed by atoms with Crippen molar-refractivity contribution in [3.8, 4) is 0 Å². The van der Waals surface area contributed by atoms with Gasteiger partial charge in [-0.15, -0.1) is 0 Å². The molecule has 3 aromatic rings. The van der Waals surface area contributed by atoms with Crippen LogP contribution in [0.4, 0.5) is 13.2 Å². The molecule has 0 radical (unpaired) electrons. The number of halogens is 3. The fourth-order valence-electron chi connectivity index (χ4n) is 2.17. The molecule has 7 heteroatoms. The first kappa shape index (κ1) is 15.1. The predicted molar refractivity (Wildman–Crippen MR) is 76.2 cm³/mol. The maximum atomic E-state index is 13.6. The first-order valence-electron chi connectivity index (χ1n) is 6.73. The maximum absolute atomic E-state index is 13.6. The van der Waals surface area contributed by atoms with Crippen LogP contribution in [0.2, 0.25) is 0 Å². The van der Waals surface area contributed by atoms with E-state index in [9.17, 15) is 18.0 Å². The molecule has 0 aliphatic carbocycles. The first-order valence-corrected chi connectivity index (χ1v) is 6.73. The average Bonchev–Trinajstić information content (AvgIpc) is 2.89. The summed E-state index contributed by atoms with van der Waals surface area (Å²) in [5.41, 5.74) is 1.39. The molecule has 2 aromatic carbocycles. The molecule has 1 aromatic heterocycles. The topological polar surface area (TPSA) is 55.1 Å². The van der Waals surface area contributed by atoms with Gasteiger partial charge in [-0.25, -0.2) is 18.2 Å². The van der Waals surface area contributed by atoms with Gasteiger partial charge in [0, 0.05) is 13.5 Å². The molecule has 0 unspecified atom stereocenters. The number of nitrogens with one attached hydrogen (secondary N) is 1. The summed E-state index contributed by atoms with van der Waals surface area (Å²) in [4.78, 5) is 16.0. The smallest absolute Gasteiger partial charge is 0.254 e. The number of carbonyl (C=O) groups is 1. The molecule has 0 atom stereocenters. The minimum absolute atomic E-state index is 0.0763. The molecule has 0 aliphatic rings. The Hall–Kier alpha value is -2.83. The highest BCUT2D eigenvalue weighted by atomic mass is 19.2. The van der Waals surface area contributed by atoms with Crippen LogP contribution in [0.3, 0.4) is 0 Å². The minimum atomic E-state index is -1.67. The molecule has 0 bridgehead atoms. The maximum Gasteiger partial charge on any atom is 0.254 e. The summed E-state index contributed by atoms with van der Waals surface area (Å²) in [5.74, 6) is -4.84. The van der Waals surface area contributed by atoms with Crippen LogP contribution in [-0.4, -0.2) is 10.9 Å². The molecular weight excluding hydrogens is 309 g/mol. The Morgan fingerprint density at radius 2 is 1.96 bits per heavy atom. The lowest BCUT2D eigenvalue weighted by molar-refractivity contribution is 0.0945. The standard InChI is InChI=1S/C16H11F3N2O2/c1-8-21-12-5-2-9(6-13(12)23-8)7-20-16(22)10-3-4-11(17)15(19)14(10)18/h2-6H,7H2,1H3,(H,20,22). The summed E-state index contributed by atoms with van der Waals surface area (Å²) < 4.78 is 44.9. The van der Waals surface area contributed by atoms with E-state index in [1.165, 1.54) is 0 Å². The quantitative estimate of drug-likeness (QED) is 0.752. The highest BCUT2D eigenvalue weighted by Gasteiger charge is 2.18. The lowest BCUT2D eigenvalue weighted by atomic mass is 10.1. The van der Waals surface area contributed by atoms with E-state index in [4.69, 9.17) is 4.42 Å². The number of oxazole rings is 1. The van der Waals surface area contributed by atoms with Gasteiger partial charge in [-0.05, 0) is 29.8 Å². The number of rotatable bonds is 3. The Bertz CT molecular complexity index is 906. The molecule has 0 saturated carbocycles. The highest BCUT2D eigenvalue weighted by molar-refractivity contribution is 5.94. The first-order chi connectivity index (χ1) is 11.0. The fraction of sp³-hybridized carbons (Fsp3) is 0.125. The van der Waals surface area contributed by atoms with Crippen molar-refractivity contribution in [1.29, 1.82) is 0 Å². The van der Waals surface area contributed by atoms with Crippen molar-refractivity contribution in [3.05, 3.63) is 64.8 Å². The van der Waals surface area contributed by atoms with Crippen LogP contribution in [0.1, 0.15) is 21.8 Å². The predicted octanol–water partition coefficient (Wildman–Crippen LogP) is 3.48. The van der Waals surface area contributed by atoms with E-state index in [0.29, 0.717) is 28.6 Å². The average molecular weight is 320 g/mol. The molecule has 0 aliphatic heterocycles. The van der Waals surface area contributed by atoms with Gasteiger partial charge in [-0.3, -0.25) is 4.79 Å². The molecular formula is C16H11F3N2O2. The van der Waals surface area contributed by atoms with Gasteiger partial charge in [0.15, 0.2) is 28.9 Å². The van der Waals surface area contributed by atoms with Crippen LogP contribution in [-0.2, 0) is 6.54 Å². The second-order valence-corrected chi connectivity index (χ2v) is 4.94. The van der Waals surface area contributed by atoms with Gasteiger partial charge in [-0.2, -0.15) is 0 Å². The van der Waals surface area contributed by atoms with E-state index in [0.717, 1.165) is 6.07 Å². The van der Waals surface area contributed by atoms with E-state index in [2.05, 4.69) is 10.3 Å². The van der Waals surface area contributed by atoms with Crippen molar-refractivity contribution in [2.24, 2.45) is 0 Å². The Morgan fingerprint density at radius 1 is 1.17 bits per heavy atom. The molecule has 23 heavy (non-hydrogen) atoms. The van der Waals surface area contributed by atoms with Gasteiger partial charge in [0.2, 0.25) is 0 Å². The number of nitrogens with zero attached hydrogens (tertiary/aromatic N) is 1. The van der Waals surface area contributed by atoms with Gasteiger partial charge in [-0.1, -0.05) is 6.07 Å². The van der Waals surface area contributed by atoms with Crippen LogP contribution in [0, 0.1) is 24.4 Å². The Kier molecular flexibility index (Phi) is 3.77. The normalized spacial score (nSPS) is 11.0. The molecule has 4 nitrogen and oxygen atoms in total. The second kappa shape index (κ2) is 5.75. The SMILES string of the molecule is Cc1nc2ccc(CNC(=O)c3ccc(F)c(F)c3F)cc2o1. The number of hydrogen-bond donors (Lipinski definition) is 1. The molecule has 118 valence electrons. The van der Waals surface area contributed by atoms with Crippen molar-refractivity contribution in [1.82, 2.24) is 10.3 Å². The van der Waals surface area contributed by atoms with Crippen molar-refractivity contribution < 1.29 is 22.4 Å². The van der Waals surface area contributed by atoms with E-state index in [1.54, 1.807) is 25.1 Å².